The molecule has 1 aromatic heterocycles. The molecule has 1 saturated heterocycles. The third-order valence-electron chi connectivity index (χ3n) is 5.38. The number of fused-ring (bicyclic) bond motifs is 1. The van der Waals surface area contributed by atoms with Gasteiger partial charge in [-0.2, -0.15) is 9.40 Å². The Kier molecular flexibility index (Phi) is 5.64. The van der Waals surface area contributed by atoms with E-state index in [9.17, 15) is 12.8 Å². The molecule has 2 aromatic rings. The molecule has 0 radical (unpaired) electrons. The molecule has 152 valence electrons. The van der Waals surface area contributed by atoms with E-state index in [-0.39, 0.29) is 4.90 Å². The van der Waals surface area contributed by atoms with Crippen LogP contribution in [-0.4, -0.2) is 58.1 Å². The molecule has 0 bridgehead atoms. The molecule has 0 atom stereocenters. The van der Waals surface area contributed by atoms with E-state index in [1.165, 1.54) is 28.9 Å². The molecule has 0 N–H and O–H groups in total. The summed E-state index contributed by atoms with van der Waals surface area (Å²) in [6.07, 6.45) is 4.43. The first-order valence-electron chi connectivity index (χ1n) is 9.60. The zero-order chi connectivity index (χ0) is 19.7. The number of hydrogen-bond acceptors (Lipinski definition) is 5. The number of halogens is 1. The summed E-state index contributed by atoms with van der Waals surface area (Å²) in [6, 6.07) is 5.16. The van der Waals surface area contributed by atoms with Crippen LogP contribution in [0.1, 0.15) is 25.1 Å². The third kappa shape index (κ3) is 3.91. The Bertz CT molecular complexity index is 1010. The van der Waals surface area contributed by atoms with Gasteiger partial charge in [0.2, 0.25) is 10.0 Å². The summed E-state index contributed by atoms with van der Waals surface area (Å²) < 4.78 is 45.0. The van der Waals surface area contributed by atoms with Crippen molar-refractivity contribution in [1.82, 2.24) is 23.6 Å². The lowest BCUT2D eigenvalue weighted by Crippen LogP contribution is -2.49. The molecule has 28 heavy (non-hydrogen) atoms. The van der Waals surface area contributed by atoms with Crippen LogP contribution in [0.3, 0.4) is 0 Å². The van der Waals surface area contributed by atoms with Crippen molar-refractivity contribution in [3.63, 3.8) is 0 Å². The maximum Gasteiger partial charge on any atom is 0.243 e. The average Bonchev–Trinajstić information content (AvgIpc) is 2.85. The van der Waals surface area contributed by atoms with Crippen LogP contribution >= 0.6 is 12.2 Å². The number of hydrogen-bond donors (Lipinski definition) is 0. The second kappa shape index (κ2) is 8.02. The minimum Gasteiger partial charge on any atom is -0.304 e. The Balaban J connectivity index is 1.42. The molecule has 2 aliphatic heterocycles. The average molecular weight is 426 g/mol. The highest BCUT2D eigenvalue weighted by Gasteiger charge is 2.29. The normalized spacial score (nSPS) is 19.3. The van der Waals surface area contributed by atoms with Gasteiger partial charge in [0.25, 0.3) is 0 Å². The Morgan fingerprint density at radius 3 is 2.61 bits per heavy atom. The maximum absolute atomic E-state index is 13.4. The molecule has 0 spiro atoms. The van der Waals surface area contributed by atoms with E-state index in [2.05, 4.69) is 14.6 Å². The van der Waals surface area contributed by atoms with E-state index in [0.29, 0.717) is 32.8 Å². The molecular weight excluding hydrogens is 401 g/mol. The lowest BCUT2D eigenvalue weighted by molar-refractivity contribution is 0.144. The summed E-state index contributed by atoms with van der Waals surface area (Å²) in [5.74, 6) is 0.503. The van der Waals surface area contributed by atoms with Gasteiger partial charge in [-0.15, -0.1) is 0 Å². The Hall–Kier alpha value is -1.62. The molecule has 10 heteroatoms. The van der Waals surface area contributed by atoms with E-state index >= 15 is 0 Å². The second-order valence-corrected chi connectivity index (χ2v) is 9.58. The fourth-order valence-electron chi connectivity index (χ4n) is 3.79. The predicted molar refractivity (Wildman–Crippen MR) is 105 cm³/mol. The van der Waals surface area contributed by atoms with Crippen molar-refractivity contribution in [2.45, 2.75) is 43.8 Å². The van der Waals surface area contributed by atoms with Crippen molar-refractivity contribution in [3.05, 3.63) is 40.7 Å². The smallest absolute Gasteiger partial charge is 0.243 e. The monoisotopic (exact) mass is 425 g/mol. The molecular formula is C18H24FN5O2S2. The van der Waals surface area contributed by atoms with E-state index in [0.717, 1.165) is 42.5 Å². The van der Waals surface area contributed by atoms with Crippen LogP contribution in [0.5, 0.6) is 0 Å². The van der Waals surface area contributed by atoms with Crippen molar-refractivity contribution < 1.29 is 12.8 Å². The number of piperazine rings is 1. The van der Waals surface area contributed by atoms with Crippen molar-refractivity contribution in [2.75, 3.05) is 26.2 Å². The van der Waals surface area contributed by atoms with E-state index < -0.39 is 15.8 Å². The largest absolute Gasteiger partial charge is 0.304 e. The standard InChI is InChI=1S/C18H24FN5O2S2/c19-15-5-4-6-16(13-15)28(25,26)22-11-9-21(10-12-22)14-24-18(27)23-8-3-1-2-7-17(23)20-24/h4-6,13H,1-3,7-12,14H2. The summed E-state index contributed by atoms with van der Waals surface area (Å²) in [6.45, 7) is 3.37. The zero-order valence-corrected chi connectivity index (χ0v) is 17.3. The molecule has 2 aliphatic rings. The fourth-order valence-corrected chi connectivity index (χ4v) is 5.54. The topological polar surface area (TPSA) is 63.4 Å². The van der Waals surface area contributed by atoms with Crippen molar-refractivity contribution in [3.8, 4) is 0 Å². The first kappa shape index (κ1) is 19.7. The van der Waals surface area contributed by atoms with Crippen LogP contribution in [0.15, 0.2) is 29.2 Å². The number of aryl methyl sites for hydroxylation is 1. The van der Waals surface area contributed by atoms with Gasteiger partial charge < -0.3 is 4.57 Å². The molecule has 3 heterocycles. The molecule has 0 unspecified atom stereocenters. The van der Waals surface area contributed by atoms with E-state index in [4.69, 9.17) is 12.2 Å². The highest BCUT2D eigenvalue weighted by atomic mass is 32.2. The van der Waals surface area contributed by atoms with Gasteiger partial charge in [-0.3, -0.25) is 4.90 Å². The summed E-state index contributed by atoms with van der Waals surface area (Å²) in [5, 5.41) is 4.69. The fraction of sp³-hybridized carbons (Fsp3) is 0.556. The molecule has 1 fully saturated rings. The van der Waals surface area contributed by atoms with Gasteiger partial charge in [-0.05, 0) is 43.3 Å². The molecule has 4 rings (SSSR count). The minimum absolute atomic E-state index is 0.000936. The molecule has 0 aliphatic carbocycles. The minimum atomic E-state index is -3.68. The molecule has 0 amide bonds. The second-order valence-electron chi connectivity index (χ2n) is 7.28. The number of nitrogens with zero attached hydrogens (tertiary/aromatic N) is 5. The van der Waals surface area contributed by atoms with Gasteiger partial charge in [-0.1, -0.05) is 12.5 Å². The number of sulfonamides is 1. The number of rotatable bonds is 4. The Morgan fingerprint density at radius 2 is 1.86 bits per heavy atom. The molecule has 1 aromatic carbocycles. The van der Waals surface area contributed by atoms with Crippen molar-refractivity contribution in [1.29, 1.82) is 0 Å². The van der Waals surface area contributed by atoms with Crippen LogP contribution in [0.4, 0.5) is 4.39 Å². The third-order valence-corrected chi connectivity index (χ3v) is 7.71. The first-order valence-corrected chi connectivity index (χ1v) is 11.4. The van der Waals surface area contributed by atoms with Gasteiger partial charge in [0, 0.05) is 39.1 Å². The first-order chi connectivity index (χ1) is 13.4. The summed E-state index contributed by atoms with van der Waals surface area (Å²) in [4.78, 5) is 2.15. The van der Waals surface area contributed by atoms with Crippen LogP contribution in [-0.2, 0) is 29.7 Å². The lowest BCUT2D eigenvalue weighted by Gasteiger charge is -2.33. The van der Waals surface area contributed by atoms with Gasteiger partial charge in [0.15, 0.2) is 4.77 Å². The van der Waals surface area contributed by atoms with Gasteiger partial charge in [0.05, 0.1) is 11.6 Å². The van der Waals surface area contributed by atoms with Crippen molar-refractivity contribution in [2.24, 2.45) is 0 Å². The van der Waals surface area contributed by atoms with Crippen LogP contribution in [0.2, 0.25) is 0 Å². The van der Waals surface area contributed by atoms with Crippen LogP contribution in [0.25, 0.3) is 0 Å². The van der Waals surface area contributed by atoms with Crippen LogP contribution < -0.4 is 0 Å². The summed E-state index contributed by atoms with van der Waals surface area (Å²) in [7, 11) is -3.68. The van der Waals surface area contributed by atoms with Crippen LogP contribution in [0, 0.1) is 10.6 Å². The Morgan fingerprint density at radius 1 is 1.07 bits per heavy atom. The van der Waals surface area contributed by atoms with Crippen molar-refractivity contribution >= 4 is 22.2 Å². The molecule has 7 nitrogen and oxygen atoms in total. The predicted octanol–water partition coefficient (Wildman–Crippen LogP) is 2.24. The Labute approximate surface area is 169 Å². The summed E-state index contributed by atoms with van der Waals surface area (Å²) >= 11 is 5.59. The summed E-state index contributed by atoms with van der Waals surface area (Å²) in [5.41, 5.74) is 0. The zero-order valence-electron chi connectivity index (χ0n) is 15.6. The van der Waals surface area contributed by atoms with Gasteiger partial charge in [-0.25, -0.2) is 17.5 Å². The van der Waals surface area contributed by atoms with E-state index in [1.807, 2.05) is 4.68 Å². The van der Waals surface area contributed by atoms with E-state index in [1.54, 1.807) is 0 Å². The lowest BCUT2D eigenvalue weighted by atomic mass is 10.2. The number of benzene rings is 1. The number of aromatic nitrogens is 3. The molecule has 0 saturated carbocycles. The van der Waals surface area contributed by atoms with Gasteiger partial charge in [0.1, 0.15) is 11.6 Å². The SMILES string of the molecule is O=S(=O)(c1cccc(F)c1)N1CCN(Cn2nc3n(c2=S)CCCCC3)CC1. The highest BCUT2D eigenvalue weighted by molar-refractivity contribution is 7.89. The quantitative estimate of drug-likeness (QED) is 0.703. The van der Waals surface area contributed by atoms with Gasteiger partial charge >= 0.3 is 0 Å². The highest BCUT2D eigenvalue weighted by Crippen LogP contribution is 2.19. The maximum atomic E-state index is 13.4.